The maximum absolute atomic E-state index is 15.3. The molecule has 0 saturated carbocycles. The van der Waals surface area contributed by atoms with Crippen molar-refractivity contribution in [3.8, 4) is 16.9 Å². The third-order valence-electron chi connectivity index (χ3n) is 6.35. The highest BCUT2D eigenvalue weighted by Gasteiger charge is 2.35. The Morgan fingerprint density at radius 2 is 1.55 bits per heavy atom. The Hall–Kier alpha value is -4.21. The Balaban J connectivity index is 1.97. The minimum atomic E-state index is -4.89. The number of ether oxygens (including phenoxy) is 1. The Morgan fingerprint density at radius 1 is 0.868 bits per heavy atom. The fourth-order valence-electron chi connectivity index (χ4n) is 4.38. The van der Waals surface area contributed by atoms with E-state index in [1.807, 2.05) is 0 Å². The van der Waals surface area contributed by atoms with Crippen molar-refractivity contribution < 1.29 is 26.7 Å². The summed E-state index contributed by atoms with van der Waals surface area (Å²) in [5.74, 6) is -2.21. The second-order valence-corrected chi connectivity index (χ2v) is 8.61. The van der Waals surface area contributed by atoms with Crippen LogP contribution in [0.25, 0.3) is 11.1 Å². The summed E-state index contributed by atoms with van der Waals surface area (Å²) in [6.45, 7) is 0.354. The first kappa shape index (κ1) is 26.8. The van der Waals surface area contributed by atoms with Crippen molar-refractivity contribution in [2.75, 3.05) is 7.11 Å². The second-order valence-electron chi connectivity index (χ2n) is 8.61. The van der Waals surface area contributed by atoms with Crippen molar-refractivity contribution in [1.82, 2.24) is 9.13 Å². The van der Waals surface area contributed by atoms with E-state index in [4.69, 9.17) is 4.74 Å². The first-order chi connectivity index (χ1) is 18.0. The molecule has 0 atom stereocenters. The van der Waals surface area contributed by atoms with E-state index in [1.54, 1.807) is 30.3 Å². The van der Waals surface area contributed by atoms with E-state index in [0.29, 0.717) is 6.07 Å². The molecule has 3 aromatic carbocycles. The van der Waals surface area contributed by atoms with Crippen LogP contribution in [-0.4, -0.2) is 16.2 Å². The zero-order valence-electron chi connectivity index (χ0n) is 20.5. The highest BCUT2D eigenvalue weighted by Crippen LogP contribution is 2.34. The molecule has 0 aliphatic heterocycles. The van der Waals surface area contributed by atoms with Crippen molar-refractivity contribution in [3.05, 3.63) is 122 Å². The maximum atomic E-state index is 15.3. The predicted octanol–water partition coefficient (Wildman–Crippen LogP) is 5.58. The van der Waals surface area contributed by atoms with Gasteiger partial charge in [0, 0.05) is 23.4 Å². The lowest BCUT2D eigenvalue weighted by Crippen LogP contribution is -2.43. The minimum absolute atomic E-state index is 0.112. The fraction of sp³-hybridized carbons (Fsp3) is 0.214. The first-order valence-electron chi connectivity index (χ1n) is 11.6. The quantitative estimate of drug-likeness (QED) is 0.293. The number of hydrogen-bond acceptors (Lipinski definition) is 3. The highest BCUT2D eigenvalue weighted by atomic mass is 19.4. The molecule has 1 heterocycles. The third-order valence-corrected chi connectivity index (χ3v) is 6.35. The van der Waals surface area contributed by atoms with Gasteiger partial charge in [0.15, 0.2) is 11.6 Å². The number of methoxy groups -OCH3 is 1. The molecule has 198 valence electrons. The molecule has 0 N–H and O–H groups in total. The molecule has 4 aromatic rings. The van der Waals surface area contributed by atoms with Crippen molar-refractivity contribution >= 4 is 0 Å². The van der Waals surface area contributed by atoms with Crippen LogP contribution in [-0.2, 0) is 25.7 Å². The molecule has 4 rings (SSSR count). The molecule has 0 bridgehead atoms. The fourth-order valence-corrected chi connectivity index (χ4v) is 4.38. The van der Waals surface area contributed by atoms with E-state index in [0.717, 1.165) is 26.8 Å². The number of benzene rings is 3. The SMILES string of the molecule is COc1cccc(-c2c(C)n(Cc3c(F)cccc3C(F)(F)F)c(=O)n(CCc3ccccc3)c2=O)c1F. The predicted molar refractivity (Wildman–Crippen MR) is 132 cm³/mol. The second kappa shape index (κ2) is 10.6. The van der Waals surface area contributed by atoms with Gasteiger partial charge >= 0.3 is 11.9 Å². The van der Waals surface area contributed by atoms with E-state index >= 15 is 4.39 Å². The molecule has 5 nitrogen and oxygen atoms in total. The minimum Gasteiger partial charge on any atom is -0.494 e. The monoisotopic (exact) mass is 530 g/mol. The van der Waals surface area contributed by atoms with Crippen LogP contribution in [0.4, 0.5) is 22.0 Å². The van der Waals surface area contributed by atoms with Gasteiger partial charge in [-0.2, -0.15) is 13.2 Å². The number of hydrogen-bond donors (Lipinski definition) is 0. The average Bonchev–Trinajstić information content (AvgIpc) is 2.88. The van der Waals surface area contributed by atoms with Gasteiger partial charge in [0.05, 0.1) is 24.8 Å². The van der Waals surface area contributed by atoms with Gasteiger partial charge in [0.25, 0.3) is 5.56 Å². The van der Waals surface area contributed by atoms with Crippen LogP contribution < -0.4 is 16.0 Å². The molecule has 0 amide bonds. The highest BCUT2D eigenvalue weighted by molar-refractivity contribution is 5.67. The van der Waals surface area contributed by atoms with Crippen molar-refractivity contribution in [1.29, 1.82) is 0 Å². The van der Waals surface area contributed by atoms with Crippen LogP contribution in [0, 0.1) is 18.6 Å². The molecule has 0 saturated heterocycles. The summed E-state index contributed by atoms with van der Waals surface area (Å²) in [6, 6.07) is 15.5. The Kier molecular flexibility index (Phi) is 7.52. The molecule has 10 heteroatoms. The summed E-state index contributed by atoms with van der Waals surface area (Å²) in [4.78, 5) is 27.1. The average molecular weight is 530 g/mol. The summed E-state index contributed by atoms with van der Waals surface area (Å²) in [7, 11) is 1.24. The topological polar surface area (TPSA) is 53.2 Å². The Bertz CT molecular complexity index is 1590. The van der Waals surface area contributed by atoms with Crippen LogP contribution in [0.3, 0.4) is 0 Å². The van der Waals surface area contributed by atoms with Crippen LogP contribution in [0.15, 0.2) is 76.3 Å². The third kappa shape index (κ3) is 5.11. The molecule has 0 unspecified atom stereocenters. The summed E-state index contributed by atoms with van der Waals surface area (Å²) >= 11 is 0. The van der Waals surface area contributed by atoms with E-state index in [2.05, 4.69) is 0 Å². The van der Waals surface area contributed by atoms with Crippen molar-refractivity contribution in [2.45, 2.75) is 32.6 Å². The standard InChI is InChI=1S/C28H23F5N2O3/c1-17-24(19-10-6-13-23(38-2)25(19)30)26(36)34(15-14-18-8-4-3-5-9-18)27(37)35(17)16-20-21(28(31,32)33)11-7-12-22(20)29/h3-13H,14-16H2,1-2H3. The largest absolute Gasteiger partial charge is 0.494 e. The maximum Gasteiger partial charge on any atom is 0.416 e. The molecule has 0 radical (unpaired) electrons. The molecule has 0 fully saturated rings. The number of aryl methyl sites for hydroxylation is 1. The molecule has 0 aliphatic rings. The van der Waals surface area contributed by atoms with E-state index in [9.17, 15) is 27.2 Å². The molecule has 38 heavy (non-hydrogen) atoms. The lowest BCUT2D eigenvalue weighted by atomic mass is 10.0. The summed E-state index contributed by atoms with van der Waals surface area (Å²) < 4.78 is 77.8. The molecule has 1 aromatic heterocycles. The molecular formula is C28H23F5N2O3. The summed E-state index contributed by atoms with van der Waals surface area (Å²) in [6.07, 6.45) is -4.65. The van der Waals surface area contributed by atoms with E-state index < -0.39 is 46.7 Å². The van der Waals surface area contributed by atoms with Crippen LogP contribution in [0.2, 0.25) is 0 Å². The Labute approximate surface area is 214 Å². The molecule has 0 aliphatic carbocycles. The molecular weight excluding hydrogens is 507 g/mol. The van der Waals surface area contributed by atoms with Crippen LogP contribution >= 0.6 is 0 Å². The first-order valence-corrected chi connectivity index (χ1v) is 11.6. The van der Waals surface area contributed by atoms with Gasteiger partial charge in [-0.1, -0.05) is 48.5 Å². The lowest BCUT2D eigenvalue weighted by Gasteiger charge is -2.20. The van der Waals surface area contributed by atoms with E-state index in [1.165, 1.54) is 32.2 Å². The van der Waals surface area contributed by atoms with Crippen molar-refractivity contribution in [3.63, 3.8) is 0 Å². The summed E-state index contributed by atoms with van der Waals surface area (Å²) in [5.41, 5.74) is -3.52. The van der Waals surface area contributed by atoms with Gasteiger partial charge in [0.2, 0.25) is 0 Å². The van der Waals surface area contributed by atoms with Crippen LogP contribution in [0.5, 0.6) is 5.75 Å². The van der Waals surface area contributed by atoms with E-state index in [-0.39, 0.29) is 35.5 Å². The zero-order valence-corrected chi connectivity index (χ0v) is 20.5. The van der Waals surface area contributed by atoms with Gasteiger partial charge in [-0.25, -0.2) is 13.6 Å². The van der Waals surface area contributed by atoms with Crippen molar-refractivity contribution in [2.24, 2.45) is 0 Å². The smallest absolute Gasteiger partial charge is 0.416 e. The number of rotatable bonds is 7. The zero-order chi connectivity index (χ0) is 27.6. The normalized spacial score (nSPS) is 11.6. The number of alkyl halides is 3. The molecule has 0 spiro atoms. The number of nitrogens with zero attached hydrogens (tertiary/aromatic N) is 2. The van der Waals surface area contributed by atoms with Gasteiger partial charge in [-0.15, -0.1) is 0 Å². The Morgan fingerprint density at radius 3 is 2.21 bits per heavy atom. The van der Waals surface area contributed by atoms with Gasteiger partial charge in [0.1, 0.15) is 5.82 Å². The van der Waals surface area contributed by atoms with Gasteiger partial charge < -0.3 is 4.74 Å². The number of aromatic nitrogens is 2. The lowest BCUT2D eigenvalue weighted by molar-refractivity contribution is -0.138. The number of halogens is 5. The van der Waals surface area contributed by atoms with Gasteiger partial charge in [-0.05, 0) is 37.1 Å². The van der Waals surface area contributed by atoms with Gasteiger partial charge in [-0.3, -0.25) is 13.9 Å². The van der Waals surface area contributed by atoms with Crippen LogP contribution in [0.1, 0.15) is 22.4 Å². The summed E-state index contributed by atoms with van der Waals surface area (Å²) in [5, 5.41) is 0.